The molecule has 186 valence electrons. The van der Waals surface area contributed by atoms with Crippen LogP contribution in [-0.2, 0) is 14.3 Å². The molecule has 1 atom stereocenters. The first-order valence-corrected chi connectivity index (χ1v) is 12.1. The first-order chi connectivity index (χ1) is 16.9. The van der Waals surface area contributed by atoms with Gasteiger partial charge in [0.15, 0.2) is 0 Å². The van der Waals surface area contributed by atoms with Crippen molar-refractivity contribution in [1.82, 2.24) is 14.8 Å². The number of carbonyl (C=O) groups is 2. The number of aliphatic hydroxyl groups is 1. The van der Waals surface area contributed by atoms with Crippen LogP contribution >= 0.6 is 0 Å². The van der Waals surface area contributed by atoms with E-state index < -0.39 is 17.7 Å². The van der Waals surface area contributed by atoms with Crippen LogP contribution in [0.1, 0.15) is 36.6 Å². The normalized spacial score (nSPS) is 20.6. The number of rotatable bonds is 8. The summed E-state index contributed by atoms with van der Waals surface area (Å²) in [5, 5.41) is 11.3. The zero-order valence-corrected chi connectivity index (χ0v) is 20.6. The van der Waals surface area contributed by atoms with Gasteiger partial charge in [0, 0.05) is 44.1 Å². The van der Waals surface area contributed by atoms with Crippen molar-refractivity contribution in [3.8, 4) is 5.75 Å². The molecule has 2 fully saturated rings. The van der Waals surface area contributed by atoms with E-state index in [9.17, 15) is 14.7 Å². The SMILES string of the molecule is Cc1cc(C(O)=C2C(=O)C(=O)N(CCN3CCOCC3)[C@@H]2c2ccncc2)ccc1OCC(C)C. The highest BCUT2D eigenvalue weighted by Crippen LogP contribution is 2.39. The zero-order valence-electron chi connectivity index (χ0n) is 20.6. The lowest BCUT2D eigenvalue weighted by atomic mass is 9.95. The Kier molecular flexibility index (Phi) is 7.83. The van der Waals surface area contributed by atoms with E-state index in [4.69, 9.17) is 9.47 Å². The monoisotopic (exact) mass is 479 g/mol. The van der Waals surface area contributed by atoms with Gasteiger partial charge in [-0.15, -0.1) is 0 Å². The maximum absolute atomic E-state index is 13.2. The van der Waals surface area contributed by atoms with E-state index >= 15 is 0 Å². The molecular formula is C27H33N3O5. The molecule has 0 radical (unpaired) electrons. The molecule has 2 aliphatic rings. The highest BCUT2D eigenvalue weighted by Gasteiger charge is 2.46. The fourth-order valence-electron chi connectivity index (χ4n) is 4.45. The second kappa shape index (κ2) is 11.0. The van der Waals surface area contributed by atoms with Crippen molar-refractivity contribution in [2.75, 3.05) is 46.0 Å². The summed E-state index contributed by atoms with van der Waals surface area (Å²) in [5.41, 5.74) is 2.15. The Morgan fingerprint density at radius 1 is 1.14 bits per heavy atom. The maximum atomic E-state index is 13.2. The molecule has 2 aliphatic heterocycles. The summed E-state index contributed by atoms with van der Waals surface area (Å²) in [6.45, 7) is 10.5. The van der Waals surface area contributed by atoms with Crippen molar-refractivity contribution in [2.24, 2.45) is 5.92 Å². The number of likely N-dealkylation sites (tertiary alicyclic amines) is 1. The number of morpholine rings is 1. The largest absolute Gasteiger partial charge is 0.507 e. The first kappa shape index (κ1) is 24.9. The summed E-state index contributed by atoms with van der Waals surface area (Å²) in [4.78, 5) is 34.2. The molecule has 1 aromatic carbocycles. The Bertz CT molecular complexity index is 1090. The fourth-order valence-corrected chi connectivity index (χ4v) is 4.45. The number of amides is 1. The molecule has 35 heavy (non-hydrogen) atoms. The predicted octanol–water partition coefficient (Wildman–Crippen LogP) is 3.18. The molecule has 8 nitrogen and oxygen atoms in total. The second-order valence-electron chi connectivity index (χ2n) is 9.41. The van der Waals surface area contributed by atoms with Crippen molar-refractivity contribution in [2.45, 2.75) is 26.8 Å². The lowest BCUT2D eigenvalue weighted by Crippen LogP contribution is -2.42. The van der Waals surface area contributed by atoms with Crippen LogP contribution in [0.15, 0.2) is 48.3 Å². The Hall–Kier alpha value is -3.23. The number of pyridine rings is 1. The van der Waals surface area contributed by atoms with E-state index in [1.54, 1.807) is 47.6 Å². The highest BCUT2D eigenvalue weighted by molar-refractivity contribution is 6.46. The molecule has 2 aromatic rings. The predicted molar refractivity (Wildman–Crippen MR) is 132 cm³/mol. The molecule has 0 unspecified atom stereocenters. The standard InChI is InChI=1S/C27H33N3O5/c1-18(2)17-35-22-5-4-21(16-19(22)3)25(31)23-24(20-6-8-28-9-7-20)30(27(33)26(23)32)11-10-29-12-14-34-15-13-29/h4-9,16,18,24,31H,10-15,17H2,1-3H3/t24-/m1/s1. The van der Waals surface area contributed by atoms with Gasteiger partial charge in [-0.3, -0.25) is 19.5 Å². The van der Waals surface area contributed by atoms with Crippen LogP contribution in [0, 0.1) is 12.8 Å². The molecule has 0 bridgehead atoms. The number of hydrogen-bond donors (Lipinski definition) is 1. The minimum atomic E-state index is -0.684. The van der Waals surface area contributed by atoms with Crippen molar-refractivity contribution in [1.29, 1.82) is 0 Å². The van der Waals surface area contributed by atoms with E-state index in [1.807, 2.05) is 6.92 Å². The average molecular weight is 480 g/mol. The third kappa shape index (κ3) is 5.55. The second-order valence-corrected chi connectivity index (χ2v) is 9.41. The number of aromatic nitrogens is 1. The van der Waals surface area contributed by atoms with Crippen molar-refractivity contribution in [3.05, 3.63) is 65.0 Å². The first-order valence-electron chi connectivity index (χ1n) is 12.1. The molecule has 0 spiro atoms. The molecule has 2 saturated heterocycles. The molecule has 1 aromatic heterocycles. The fraction of sp³-hybridized carbons (Fsp3) is 0.444. The van der Waals surface area contributed by atoms with Gasteiger partial charge in [-0.05, 0) is 54.3 Å². The summed E-state index contributed by atoms with van der Waals surface area (Å²) in [6, 6.07) is 8.18. The third-order valence-corrected chi connectivity index (χ3v) is 6.34. The Balaban J connectivity index is 1.67. The quantitative estimate of drug-likeness (QED) is 0.353. The van der Waals surface area contributed by atoms with Crippen LogP contribution in [0.3, 0.4) is 0 Å². The van der Waals surface area contributed by atoms with Crippen LogP contribution in [0.5, 0.6) is 5.75 Å². The number of aryl methyl sites for hydroxylation is 1. The average Bonchev–Trinajstić information content (AvgIpc) is 3.12. The number of hydrogen-bond acceptors (Lipinski definition) is 7. The van der Waals surface area contributed by atoms with Crippen LogP contribution in [0.4, 0.5) is 0 Å². The van der Waals surface area contributed by atoms with E-state index in [0.29, 0.717) is 44.4 Å². The van der Waals surface area contributed by atoms with Gasteiger partial charge in [0.25, 0.3) is 11.7 Å². The van der Waals surface area contributed by atoms with Gasteiger partial charge in [-0.1, -0.05) is 13.8 Å². The Labute approximate surface area is 206 Å². The molecule has 1 N–H and O–H groups in total. The molecule has 0 aliphatic carbocycles. The summed E-state index contributed by atoms with van der Waals surface area (Å²) < 4.78 is 11.3. The van der Waals surface area contributed by atoms with E-state index in [0.717, 1.165) is 30.0 Å². The minimum Gasteiger partial charge on any atom is -0.507 e. The summed E-state index contributed by atoms with van der Waals surface area (Å²) in [6.07, 6.45) is 3.25. The molecule has 4 rings (SSSR count). The van der Waals surface area contributed by atoms with Gasteiger partial charge in [0.05, 0.1) is 31.4 Å². The van der Waals surface area contributed by atoms with Crippen molar-refractivity contribution in [3.63, 3.8) is 0 Å². The van der Waals surface area contributed by atoms with Gasteiger partial charge in [0.1, 0.15) is 11.5 Å². The topological polar surface area (TPSA) is 92.2 Å². The summed E-state index contributed by atoms with van der Waals surface area (Å²) in [7, 11) is 0. The smallest absolute Gasteiger partial charge is 0.295 e. The zero-order chi connectivity index (χ0) is 24.9. The van der Waals surface area contributed by atoms with Gasteiger partial charge >= 0.3 is 0 Å². The van der Waals surface area contributed by atoms with E-state index in [2.05, 4.69) is 23.7 Å². The lowest BCUT2D eigenvalue weighted by Gasteiger charge is -2.31. The number of ether oxygens (including phenoxy) is 2. The molecule has 1 amide bonds. The third-order valence-electron chi connectivity index (χ3n) is 6.34. The maximum Gasteiger partial charge on any atom is 0.295 e. The van der Waals surface area contributed by atoms with Gasteiger partial charge < -0.3 is 19.5 Å². The summed E-state index contributed by atoms with van der Waals surface area (Å²) in [5.74, 6) is -0.347. The van der Waals surface area contributed by atoms with Crippen molar-refractivity contribution < 1.29 is 24.2 Å². The Morgan fingerprint density at radius 2 is 1.86 bits per heavy atom. The van der Waals surface area contributed by atoms with Crippen LogP contribution in [0.25, 0.3) is 5.76 Å². The van der Waals surface area contributed by atoms with Gasteiger partial charge in [0.2, 0.25) is 0 Å². The van der Waals surface area contributed by atoms with E-state index in [1.165, 1.54) is 0 Å². The number of aliphatic hydroxyl groups excluding tert-OH is 1. The lowest BCUT2D eigenvalue weighted by molar-refractivity contribution is -0.140. The highest BCUT2D eigenvalue weighted by atomic mass is 16.5. The minimum absolute atomic E-state index is 0.0958. The van der Waals surface area contributed by atoms with Crippen molar-refractivity contribution >= 4 is 17.4 Å². The van der Waals surface area contributed by atoms with Crippen LogP contribution < -0.4 is 4.74 Å². The number of ketones is 1. The van der Waals surface area contributed by atoms with Crippen LogP contribution in [-0.4, -0.2) is 77.6 Å². The number of nitrogens with zero attached hydrogens (tertiary/aromatic N) is 3. The number of benzene rings is 1. The molecule has 3 heterocycles. The van der Waals surface area contributed by atoms with E-state index in [-0.39, 0.29) is 11.3 Å². The molecule has 8 heteroatoms. The number of carbonyl (C=O) groups excluding carboxylic acids is 2. The molecular weight excluding hydrogens is 446 g/mol. The van der Waals surface area contributed by atoms with Gasteiger partial charge in [-0.25, -0.2) is 0 Å². The summed E-state index contributed by atoms with van der Waals surface area (Å²) >= 11 is 0. The Morgan fingerprint density at radius 3 is 2.51 bits per heavy atom. The van der Waals surface area contributed by atoms with Gasteiger partial charge in [-0.2, -0.15) is 0 Å². The number of Topliss-reactive ketones (excluding diaryl/α,β-unsaturated/α-hetero) is 1. The van der Waals surface area contributed by atoms with Crippen LogP contribution in [0.2, 0.25) is 0 Å². The molecule has 0 saturated carbocycles.